The van der Waals surface area contributed by atoms with Crippen molar-refractivity contribution >= 4 is 27.5 Å². The van der Waals surface area contributed by atoms with E-state index in [0.717, 1.165) is 28.1 Å². The summed E-state index contributed by atoms with van der Waals surface area (Å²) < 4.78 is 26.5. The molecule has 2 rings (SSSR count). The van der Waals surface area contributed by atoms with Crippen LogP contribution in [0.5, 0.6) is 0 Å². The van der Waals surface area contributed by atoms with E-state index in [0.29, 0.717) is 12.1 Å². The first kappa shape index (κ1) is 26.4. The molecular weight excluding hydrogens is 438 g/mol. The zero-order chi connectivity index (χ0) is 24.6. The number of aryl methyl sites for hydroxylation is 1. The normalized spacial score (nSPS) is 13.1. The van der Waals surface area contributed by atoms with Crippen molar-refractivity contribution in [1.29, 1.82) is 0 Å². The summed E-state index contributed by atoms with van der Waals surface area (Å²) in [7, 11) is -3.74. The van der Waals surface area contributed by atoms with E-state index >= 15 is 0 Å². The Kier molecular flexibility index (Phi) is 9.46. The monoisotopic (exact) mass is 473 g/mol. The van der Waals surface area contributed by atoms with Gasteiger partial charge in [-0.2, -0.15) is 0 Å². The molecule has 2 aromatic carbocycles. The van der Waals surface area contributed by atoms with Gasteiger partial charge in [-0.15, -0.1) is 0 Å². The highest BCUT2D eigenvalue weighted by molar-refractivity contribution is 7.92. The smallest absolute Gasteiger partial charge is 0.244 e. The lowest BCUT2D eigenvalue weighted by Crippen LogP contribution is -2.52. The third kappa shape index (κ3) is 7.32. The van der Waals surface area contributed by atoms with E-state index in [2.05, 4.69) is 5.32 Å². The van der Waals surface area contributed by atoms with Gasteiger partial charge >= 0.3 is 0 Å². The Morgan fingerprint density at radius 3 is 2.15 bits per heavy atom. The second kappa shape index (κ2) is 11.8. The van der Waals surface area contributed by atoms with Crippen LogP contribution in [0.1, 0.15) is 45.2 Å². The van der Waals surface area contributed by atoms with Crippen LogP contribution in [-0.4, -0.2) is 50.0 Å². The van der Waals surface area contributed by atoms with Crippen LogP contribution in [0.3, 0.4) is 0 Å². The fourth-order valence-electron chi connectivity index (χ4n) is 3.48. The van der Waals surface area contributed by atoms with Crippen LogP contribution in [0, 0.1) is 0 Å². The van der Waals surface area contributed by atoms with Crippen LogP contribution in [0.4, 0.5) is 5.69 Å². The highest BCUT2D eigenvalue weighted by Crippen LogP contribution is 2.24. The largest absolute Gasteiger partial charge is 0.352 e. The van der Waals surface area contributed by atoms with Crippen LogP contribution in [0.2, 0.25) is 0 Å². The molecule has 0 spiro atoms. The van der Waals surface area contributed by atoms with Gasteiger partial charge in [-0.3, -0.25) is 13.9 Å². The van der Waals surface area contributed by atoms with Gasteiger partial charge in [0.25, 0.3) is 0 Å². The molecule has 0 saturated heterocycles. The molecule has 0 saturated carbocycles. The number of carbonyl (C=O) groups is 2. The van der Waals surface area contributed by atoms with Crippen LogP contribution < -0.4 is 9.62 Å². The second-order valence-electron chi connectivity index (χ2n) is 8.25. The van der Waals surface area contributed by atoms with Crippen LogP contribution in [0.25, 0.3) is 0 Å². The molecule has 0 heterocycles. The average Bonchev–Trinajstić information content (AvgIpc) is 2.80. The quantitative estimate of drug-likeness (QED) is 0.542. The molecule has 0 radical (unpaired) electrons. The lowest BCUT2D eigenvalue weighted by molar-refractivity contribution is -0.139. The molecule has 2 aromatic rings. The fraction of sp³-hybridized carbons (Fsp3) is 0.440. The van der Waals surface area contributed by atoms with Crippen LogP contribution >= 0.6 is 0 Å². The van der Waals surface area contributed by atoms with Gasteiger partial charge in [0.15, 0.2) is 0 Å². The zero-order valence-electron chi connectivity index (χ0n) is 20.1. The van der Waals surface area contributed by atoms with Crippen molar-refractivity contribution in [1.82, 2.24) is 10.2 Å². The van der Waals surface area contributed by atoms with Gasteiger partial charge in [0, 0.05) is 12.6 Å². The van der Waals surface area contributed by atoms with Gasteiger partial charge in [-0.05, 0) is 43.9 Å². The number of nitrogens with one attached hydrogen (secondary N) is 1. The lowest BCUT2D eigenvalue weighted by Gasteiger charge is -2.32. The molecule has 0 fully saturated rings. The SMILES string of the molecule is CCc1ccccc1N(CC(=O)N(Cc1ccccc1)[C@H](C)C(=O)N[C@H](C)CC)S(C)(=O)=O. The minimum atomic E-state index is -3.74. The highest BCUT2D eigenvalue weighted by Gasteiger charge is 2.30. The van der Waals surface area contributed by atoms with E-state index in [-0.39, 0.29) is 25.0 Å². The first-order chi connectivity index (χ1) is 15.6. The summed E-state index contributed by atoms with van der Waals surface area (Å²) in [6.07, 6.45) is 2.48. The van der Waals surface area contributed by atoms with Gasteiger partial charge < -0.3 is 10.2 Å². The summed E-state index contributed by atoms with van der Waals surface area (Å²) >= 11 is 0. The third-order valence-corrected chi connectivity index (χ3v) is 6.81. The molecule has 2 atom stereocenters. The molecule has 0 aromatic heterocycles. The fourth-order valence-corrected chi connectivity index (χ4v) is 4.36. The van der Waals surface area contributed by atoms with Crippen molar-refractivity contribution in [2.24, 2.45) is 0 Å². The number of para-hydroxylation sites is 1. The maximum absolute atomic E-state index is 13.5. The van der Waals surface area contributed by atoms with E-state index in [9.17, 15) is 18.0 Å². The van der Waals surface area contributed by atoms with Gasteiger partial charge in [-0.25, -0.2) is 8.42 Å². The molecule has 33 heavy (non-hydrogen) atoms. The zero-order valence-corrected chi connectivity index (χ0v) is 20.9. The summed E-state index contributed by atoms with van der Waals surface area (Å²) in [5, 5.41) is 2.92. The molecule has 1 N–H and O–H groups in total. The summed E-state index contributed by atoms with van der Waals surface area (Å²) in [4.78, 5) is 27.8. The number of anilines is 1. The minimum Gasteiger partial charge on any atom is -0.352 e. The van der Waals surface area contributed by atoms with E-state index in [1.165, 1.54) is 4.90 Å². The third-order valence-electron chi connectivity index (χ3n) is 5.68. The Balaban J connectivity index is 2.39. The van der Waals surface area contributed by atoms with Crippen molar-refractivity contribution < 1.29 is 18.0 Å². The molecule has 8 heteroatoms. The van der Waals surface area contributed by atoms with Crippen molar-refractivity contribution in [3.63, 3.8) is 0 Å². The lowest BCUT2D eigenvalue weighted by atomic mass is 10.1. The van der Waals surface area contributed by atoms with E-state index in [1.54, 1.807) is 19.1 Å². The topological polar surface area (TPSA) is 86.8 Å². The van der Waals surface area contributed by atoms with Crippen molar-refractivity contribution in [3.05, 3.63) is 65.7 Å². The molecule has 2 amide bonds. The summed E-state index contributed by atoms with van der Waals surface area (Å²) in [5.74, 6) is -0.713. The highest BCUT2D eigenvalue weighted by atomic mass is 32.2. The standard InChI is InChI=1S/C25H35N3O4S/c1-6-19(3)26-25(30)20(4)27(17-21-13-9-8-10-14-21)24(29)18-28(33(5,31)32)23-16-12-11-15-22(23)7-2/h8-16,19-20H,6-7,17-18H2,1-5H3,(H,26,30)/t19-,20-/m1/s1. The van der Waals surface area contributed by atoms with Gasteiger partial charge in [0.2, 0.25) is 21.8 Å². The molecule has 7 nitrogen and oxygen atoms in total. The van der Waals surface area contributed by atoms with Crippen molar-refractivity contribution in [3.8, 4) is 0 Å². The molecular formula is C25H35N3O4S. The Morgan fingerprint density at radius 1 is 0.970 bits per heavy atom. The molecule has 0 unspecified atom stereocenters. The maximum Gasteiger partial charge on any atom is 0.244 e. The number of amides is 2. The number of nitrogens with zero attached hydrogens (tertiary/aromatic N) is 2. The number of benzene rings is 2. The number of hydrogen-bond acceptors (Lipinski definition) is 4. The molecule has 0 bridgehead atoms. The number of sulfonamides is 1. The average molecular weight is 474 g/mol. The van der Waals surface area contributed by atoms with E-state index < -0.39 is 22.0 Å². The molecule has 180 valence electrons. The first-order valence-electron chi connectivity index (χ1n) is 11.3. The molecule has 0 aliphatic rings. The summed E-state index contributed by atoms with van der Waals surface area (Å²) in [6.45, 7) is 7.29. The summed E-state index contributed by atoms with van der Waals surface area (Å²) in [5.41, 5.74) is 2.16. The molecule has 0 aliphatic carbocycles. The van der Waals surface area contributed by atoms with Gasteiger partial charge in [-0.1, -0.05) is 62.4 Å². The van der Waals surface area contributed by atoms with Crippen molar-refractivity contribution in [2.45, 2.75) is 59.2 Å². The van der Waals surface area contributed by atoms with Crippen LogP contribution in [-0.2, 0) is 32.6 Å². The van der Waals surface area contributed by atoms with E-state index in [1.807, 2.05) is 63.2 Å². The maximum atomic E-state index is 13.5. The predicted molar refractivity (Wildman–Crippen MR) is 132 cm³/mol. The summed E-state index contributed by atoms with van der Waals surface area (Å²) in [6, 6.07) is 15.7. The van der Waals surface area contributed by atoms with Gasteiger partial charge in [0.1, 0.15) is 12.6 Å². The Morgan fingerprint density at radius 2 is 1.58 bits per heavy atom. The predicted octanol–water partition coefficient (Wildman–Crippen LogP) is 3.35. The van der Waals surface area contributed by atoms with E-state index in [4.69, 9.17) is 0 Å². The Labute approximate surface area is 197 Å². The van der Waals surface area contributed by atoms with Crippen molar-refractivity contribution in [2.75, 3.05) is 17.1 Å². The number of carbonyl (C=O) groups excluding carboxylic acids is 2. The number of hydrogen-bond donors (Lipinski definition) is 1. The number of rotatable bonds is 11. The molecule has 0 aliphatic heterocycles. The Bertz CT molecular complexity index is 1040. The second-order valence-corrected chi connectivity index (χ2v) is 10.2. The minimum absolute atomic E-state index is 0.0300. The van der Waals surface area contributed by atoms with Gasteiger partial charge in [0.05, 0.1) is 11.9 Å². The van der Waals surface area contributed by atoms with Crippen LogP contribution in [0.15, 0.2) is 54.6 Å². The Hall–Kier alpha value is -2.87. The first-order valence-corrected chi connectivity index (χ1v) is 13.1.